The highest BCUT2D eigenvalue weighted by atomic mass is 16.5. The van der Waals surface area contributed by atoms with Gasteiger partial charge >= 0.3 is 0 Å². The van der Waals surface area contributed by atoms with Gasteiger partial charge in [0.15, 0.2) is 0 Å². The van der Waals surface area contributed by atoms with Gasteiger partial charge in [-0.3, -0.25) is 4.79 Å². The van der Waals surface area contributed by atoms with Gasteiger partial charge in [0.2, 0.25) is 0 Å². The van der Waals surface area contributed by atoms with Crippen LogP contribution < -0.4 is 10.1 Å². The summed E-state index contributed by atoms with van der Waals surface area (Å²) >= 11 is 0. The zero-order chi connectivity index (χ0) is 13.7. The predicted octanol–water partition coefficient (Wildman–Crippen LogP) is 3.44. The molecule has 0 saturated heterocycles. The SMILES string of the molecule is CCOc1ccc(C(=O)NC2=CC=C(C)CC2)cc1. The summed E-state index contributed by atoms with van der Waals surface area (Å²) in [6.45, 7) is 4.66. The van der Waals surface area contributed by atoms with Crippen LogP contribution in [0, 0.1) is 0 Å². The van der Waals surface area contributed by atoms with Gasteiger partial charge in [0.25, 0.3) is 5.91 Å². The number of rotatable bonds is 4. The lowest BCUT2D eigenvalue weighted by Crippen LogP contribution is -2.23. The van der Waals surface area contributed by atoms with Crippen molar-refractivity contribution in [3.05, 3.63) is 53.3 Å². The third-order valence-electron chi connectivity index (χ3n) is 3.06. The van der Waals surface area contributed by atoms with Crippen LogP contribution in [-0.2, 0) is 0 Å². The Morgan fingerprint density at radius 1 is 1.21 bits per heavy atom. The maximum absolute atomic E-state index is 12.1. The Balaban J connectivity index is 2.00. The Bertz CT molecular complexity index is 512. The molecule has 1 aromatic carbocycles. The molecule has 3 heteroatoms. The summed E-state index contributed by atoms with van der Waals surface area (Å²) in [5.41, 5.74) is 2.97. The largest absolute Gasteiger partial charge is 0.494 e. The van der Waals surface area contributed by atoms with Crippen molar-refractivity contribution in [2.24, 2.45) is 0 Å². The second-order valence-electron chi connectivity index (χ2n) is 4.62. The van der Waals surface area contributed by atoms with Gasteiger partial charge in [0, 0.05) is 11.3 Å². The second-order valence-corrected chi connectivity index (χ2v) is 4.62. The minimum absolute atomic E-state index is 0.0674. The molecule has 0 radical (unpaired) electrons. The molecule has 1 N–H and O–H groups in total. The maximum atomic E-state index is 12.1. The molecule has 19 heavy (non-hydrogen) atoms. The van der Waals surface area contributed by atoms with Crippen LogP contribution in [0.5, 0.6) is 5.75 Å². The van der Waals surface area contributed by atoms with Crippen molar-refractivity contribution in [3.63, 3.8) is 0 Å². The quantitative estimate of drug-likeness (QED) is 0.897. The minimum atomic E-state index is -0.0674. The van der Waals surface area contributed by atoms with E-state index in [1.54, 1.807) is 12.1 Å². The number of hydrogen-bond acceptors (Lipinski definition) is 2. The zero-order valence-corrected chi connectivity index (χ0v) is 11.4. The van der Waals surface area contributed by atoms with Crippen LogP contribution >= 0.6 is 0 Å². The van der Waals surface area contributed by atoms with Gasteiger partial charge in [-0.15, -0.1) is 0 Å². The molecule has 0 fully saturated rings. The number of hydrogen-bond donors (Lipinski definition) is 1. The zero-order valence-electron chi connectivity index (χ0n) is 11.4. The maximum Gasteiger partial charge on any atom is 0.255 e. The van der Waals surface area contributed by atoms with E-state index >= 15 is 0 Å². The average Bonchev–Trinajstić information content (AvgIpc) is 2.42. The van der Waals surface area contributed by atoms with E-state index < -0.39 is 0 Å². The normalized spacial score (nSPS) is 14.4. The summed E-state index contributed by atoms with van der Waals surface area (Å²) in [4.78, 5) is 12.1. The Morgan fingerprint density at radius 3 is 2.53 bits per heavy atom. The molecule has 100 valence electrons. The van der Waals surface area contributed by atoms with E-state index in [9.17, 15) is 4.79 Å². The fraction of sp³-hybridized carbons (Fsp3) is 0.312. The van der Waals surface area contributed by atoms with Crippen molar-refractivity contribution < 1.29 is 9.53 Å². The number of nitrogens with one attached hydrogen (secondary N) is 1. The Labute approximate surface area is 114 Å². The third kappa shape index (κ3) is 3.71. The topological polar surface area (TPSA) is 38.3 Å². The second kappa shape index (κ2) is 6.23. The molecule has 0 bridgehead atoms. The van der Waals surface area contributed by atoms with E-state index in [1.807, 2.05) is 25.1 Å². The molecule has 0 heterocycles. The fourth-order valence-corrected chi connectivity index (χ4v) is 1.93. The summed E-state index contributed by atoms with van der Waals surface area (Å²) < 4.78 is 5.35. The van der Waals surface area contributed by atoms with E-state index in [0.717, 1.165) is 24.3 Å². The number of carbonyl (C=O) groups is 1. The van der Waals surface area contributed by atoms with Crippen molar-refractivity contribution in [1.29, 1.82) is 0 Å². The number of carbonyl (C=O) groups excluding carboxylic acids is 1. The molecule has 3 nitrogen and oxygen atoms in total. The minimum Gasteiger partial charge on any atom is -0.494 e. The first-order valence-corrected chi connectivity index (χ1v) is 6.59. The Morgan fingerprint density at radius 2 is 1.95 bits per heavy atom. The lowest BCUT2D eigenvalue weighted by Gasteiger charge is -2.13. The molecule has 1 amide bonds. The highest BCUT2D eigenvalue weighted by Crippen LogP contribution is 2.17. The predicted molar refractivity (Wildman–Crippen MR) is 76.2 cm³/mol. The van der Waals surface area contributed by atoms with Crippen molar-refractivity contribution in [2.45, 2.75) is 26.7 Å². The summed E-state index contributed by atoms with van der Waals surface area (Å²) in [7, 11) is 0. The van der Waals surface area contributed by atoms with Gasteiger partial charge in [-0.05, 0) is 57.0 Å². The van der Waals surface area contributed by atoms with Crippen LogP contribution in [0.3, 0.4) is 0 Å². The van der Waals surface area contributed by atoms with E-state index in [0.29, 0.717) is 12.2 Å². The first-order valence-electron chi connectivity index (χ1n) is 6.59. The van der Waals surface area contributed by atoms with Crippen LogP contribution in [0.25, 0.3) is 0 Å². The molecule has 0 atom stereocenters. The van der Waals surface area contributed by atoms with Crippen molar-refractivity contribution in [1.82, 2.24) is 5.32 Å². The summed E-state index contributed by atoms with van der Waals surface area (Å²) in [5, 5.41) is 2.94. The van der Waals surface area contributed by atoms with Gasteiger partial charge < -0.3 is 10.1 Å². The summed E-state index contributed by atoms with van der Waals surface area (Å²) in [5.74, 6) is 0.719. The first-order chi connectivity index (χ1) is 9.19. The van der Waals surface area contributed by atoms with Crippen LogP contribution in [0.4, 0.5) is 0 Å². The number of allylic oxidation sites excluding steroid dienone is 4. The molecular weight excluding hydrogens is 238 g/mol. The highest BCUT2D eigenvalue weighted by molar-refractivity contribution is 5.95. The number of amides is 1. The molecule has 0 spiro atoms. The van der Waals surface area contributed by atoms with E-state index in [2.05, 4.69) is 18.3 Å². The van der Waals surface area contributed by atoms with Crippen LogP contribution in [0.1, 0.15) is 37.0 Å². The standard InChI is InChI=1S/C16H19NO2/c1-3-19-15-10-6-13(7-11-15)16(18)17-14-8-4-12(2)5-9-14/h4,6-8,10-11H,3,5,9H2,1-2H3,(H,17,18). The molecule has 1 aliphatic rings. The number of ether oxygens (including phenoxy) is 1. The van der Waals surface area contributed by atoms with Crippen molar-refractivity contribution in [3.8, 4) is 5.75 Å². The van der Waals surface area contributed by atoms with E-state index in [-0.39, 0.29) is 5.91 Å². The van der Waals surface area contributed by atoms with Crippen LogP contribution in [0.15, 0.2) is 47.7 Å². The van der Waals surface area contributed by atoms with E-state index in [4.69, 9.17) is 4.74 Å². The lowest BCUT2D eigenvalue weighted by molar-refractivity contribution is 0.0964. The molecule has 0 aliphatic heterocycles. The fourth-order valence-electron chi connectivity index (χ4n) is 1.93. The van der Waals surface area contributed by atoms with Gasteiger partial charge in [0.1, 0.15) is 5.75 Å². The summed E-state index contributed by atoms with van der Waals surface area (Å²) in [6, 6.07) is 7.20. The molecule has 2 rings (SSSR count). The molecule has 1 aromatic rings. The number of benzene rings is 1. The average molecular weight is 257 g/mol. The smallest absolute Gasteiger partial charge is 0.255 e. The molecule has 0 unspecified atom stereocenters. The molecule has 0 saturated carbocycles. The van der Waals surface area contributed by atoms with Gasteiger partial charge in [0.05, 0.1) is 6.61 Å². The van der Waals surface area contributed by atoms with E-state index in [1.165, 1.54) is 5.57 Å². The van der Waals surface area contributed by atoms with Crippen molar-refractivity contribution >= 4 is 5.91 Å². The van der Waals surface area contributed by atoms with Gasteiger partial charge in [-0.25, -0.2) is 0 Å². The Hall–Kier alpha value is -2.03. The molecular formula is C16H19NO2. The third-order valence-corrected chi connectivity index (χ3v) is 3.06. The molecule has 1 aliphatic carbocycles. The monoisotopic (exact) mass is 257 g/mol. The summed E-state index contributed by atoms with van der Waals surface area (Å²) in [6.07, 6.45) is 5.93. The first kappa shape index (κ1) is 13.4. The van der Waals surface area contributed by atoms with Gasteiger partial charge in [-0.2, -0.15) is 0 Å². The van der Waals surface area contributed by atoms with Crippen LogP contribution in [0.2, 0.25) is 0 Å². The van der Waals surface area contributed by atoms with Crippen LogP contribution in [-0.4, -0.2) is 12.5 Å². The Kier molecular flexibility index (Phi) is 4.39. The lowest BCUT2D eigenvalue weighted by atomic mass is 10.0. The highest BCUT2D eigenvalue weighted by Gasteiger charge is 2.09. The van der Waals surface area contributed by atoms with Crippen molar-refractivity contribution in [2.75, 3.05) is 6.61 Å². The molecule has 0 aromatic heterocycles. The van der Waals surface area contributed by atoms with Gasteiger partial charge in [-0.1, -0.05) is 11.6 Å².